The number of hydrogen-bond acceptors (Lipinski definition) is 10. The molecule has 0 aliphatic carbocycles. The molecule has 0 N–H and O–H groups in total. The van der Waals surface area contributed by atoms with Gasteiger partial charge in [0.15, 0.2) is 0 Å². The van der Waals surface area contributed by atoms with Gasteiger partial charge in [-0.15, -0.1) is 45.3 Å². The summed E-state index contributed by atoms with van der Waals surface area (Å²) in [5.41, 5.74) is -0.531. The average Bonchev–Trinajstić information content (AvgIpc) is 3.78. The van der Waals surface area contributed by atoms with E-state index in [1.807, 2.05) is 59.3 Å². The molecule has 0 bridgehead atoms. The molecule has 2 aliphatic heterocycles. The Bertz CT molecular complexity index is 1760. The summed E-state index contributed by atoms with van der Waals surface area (Å²) in [5, 5.41) is 3.97. The fraction of sp³-hybridized carbons (Fsp3) is 0.294. The number of rotatable bonds is 8. The number of thiophene rings is 4. The summed E-state index contributed by atoms with van der Waals surface area (Å²) in [7, 11) is 0. The van der Waals surface area contributed by atoms with Gasteiger partial charge in [0.1, 0.15) is 24.3 Å². The molecule has 6 rings (SSSR count). The van der Waals surface area contributed by atoms with Crippen molar-refractivity contribution in [3.8, 4) is 19.5 Å². The van der Waals surface area contributed by atoms with Crippen molar-refractivity contribution in [2.75, 3.05) is 13.1 Å². The number of amides is 2. The van der Waals surface area contributed by atoms with E-state index in [9.17, 15) is 19.2 Å². The van der Waals surface area contributed by atoms with E-state index in [4.69, 9.17) is 9.47 Å². The first kappa shape index (κ1) is 32.1. The van der Waals surface area contributed by atoms with E-state index >= 15 is 0 Å². The molecular formula is C34H32N2O6S4. The minimum Gasteiger partial charge on any atom is -0.459 e. The van der Waals surface area contributed by atoms with Crippen LogP contribution in [0, 0.1) is 0 Å². The largest absolute Gasteiger partial charge is 0.459 e. The summed E-state index contributed by atoms with van der Waals surface area (Å²) < 4.78 is 11.2. The standard InChI is InChI=1S/C34H32N2O6S4/c1-33(2,3)41-25(37)17-35-29(23-13-11-21(45-23)19-9-7-15-43-19)27-28(31(35)39)30(24-14-12-22(46-24)20-10-8-16-44-20)36(32(27)40)18-26(38)42-34(4,5)6/h7-16H,17-18H2,1-6H3. The van der Waals surface area contributed by atoms with Gasteiger partial charge in [0, 0.05) is 19.5 Å². The lowest BCUT2D eigenvalue weighted by Gasteiger charge is -2.26. The highest BCUT2D eigenvalue weighted by atomic mass is 32.1. The summed E-state index contributed by atoms with van der Waals surface area (Å²) in [6.07, 6.45) is 0. The molecule has 0 aromatic carbocycles. The number of esters is 2. The molecule has 12 heteroatoms. The Morgan fingerprint density at radius 3 is 1.28 bits per heavy atom. The zero-order chi connectivity index (χ0) is 33.0. The molecule has 6 heterocycles. The van der Waals surface area contributed by atoms with Crippen molar-refractivity contribution in [2.24, 2.45) is 0 Å². The molecule has 0 radical (unpaired) electrons. The normalized spacial score (nSPS) is 15.3. The lowest BCUT2D eigenvalue weighted by atomic mass is 10.1. The lowest BCUT2D eigenvalue weighted by Crippen LogP contribution is -2.38. The Morgan fingerprint density at radius 2 is 0.957 bits per heavy atom. The van der Waals surface area contributed by atoms with Crippen LogP contribution in [0.3, 0.4) is 0 Å². The number of fused-ring (bicyclic) bond motifs is 1. The highest BCUT2D eigenvalue weighted by Gasteiger charge is 2.50. The summed E-state index contributed by atoms with van der Waals surface area (Å²) >= 11 is 6.04. The molecular weight excluding hydrogens is 661 g/mol. The topological polar surface area (TPSA) is 93.2 Å². The van der Waals surface area contributed by atoms with Gasteiger partial charge in [-0.3, -0.25) is 29.0 Å². The third kappa shape index (κ3) is 6.39. The summed E-state index contributed by atoms with van der Waals surface area (Å²) in [6, 6.07) is 15.6. The molecule has 0 spiro atoms. The monoisotopic (exact) mass is 692 g/mol. The van der Waals surface area contributed by atoms with Gasteiger partial charge in [0.2, 0.25) is 0 Å². The van der Waals surface area contributed by atoms with Crippen LogP contribution in [-0.2, 0) is 28.7 Å². The van der Waals surface area contributed by atoms with Crippen LogP contribution in [0.15, 0.2) is 70.4 Å². The van der Waals surface area contributed by atoms with E-state index in [0.717, 1.165) is 19.5 Å². The number of ether oxygens (including phenoxy) is 2. The van der Waals surface area contributed by atoms with Crippen LogP contribution in [0.25, 0.3) is 30.9 Å². The molecule has 0 unspecified atom stereocenters. The number of nitrogens with zero attached hydrogens (tertiary/aromatic N) is 2. The molecule has 0 saturated carbocycles. The molecule has 0 saturated heterocycles. The highest BCUT2D eigenvalue weighted by Crippen LogP contribution is 2.50. The van der Waals surface area contributed by atoms with Crippen molar-refractivity contribution in [3.63, 3.8) is 0 Å². The van der Waals surface area contributed by atoms with E-state index in [-0.39, 0.29) is 24.2 Å². The van der Waals surface area contributed by atoms with Crippen molar-refractivity contribution < 1.29 is 28.7 Å². The van der Waals surface area contributed by atoms with Crippen molar-refractivity contribution in [1.29, 1.82) is 0 Å². The molecule has 0 atom stereocenters. The summed E-state index contributed by atoms with van der Waals surface area (Å²) in [4.78, 5) is 63.3. The minimum atomic E-state index is -0.766. The molecule has 2 amide bonds. The second-order valence-corrected chi connectivity index (χ2v) is 16.7. The number of carbonyl (C=O) groups is 4. The SMILES string of the molecule is CC(C)(C)OC(=O)CN1C(=O)C2=C(c3ccc(-c4cccs4)s3)N(CC(=O)OC(C)(C)C)C(=O)C2=C1c1ccc(-c2cccs2)s1. The van der Waals surface area contributed by atoms with Gasteiger partial charge in [-0.1, -0.05) is 12.1 Å². The quantitative estimate of drug-likeness (QED) is 0.175. The smallest absolute Gasteiger partial charge is 0.326 e. The summed E-state index contributed by atoms with van der Waals surface area (Å²) in [6.45, 7) is 9.83. The fourth-order valence-electron chi connectivity index (χ4n) is 5.25. The zero-order valence-corrected chi connectivity index (χ0v) is 29.4. The van der Waals surface area contributed by atoms with Gasteiger partial charge in [0.25, 0.3) is 11.8 Å². The Hall–Kier alpha value is -3.84. The van der Waals surface area contributed by atoms with Gasteiger partial charge in [0.05, 0.1) is 32.3 Å². The van der Waals surface area contributed by atoms with Gasteiger partial charge in [-0.25, -0.2) is 0 Å². The van der Waals surface area contributed by atoms with E-state index in [1.54, 1.807) is 64.2 Å². The van der Waals surface area contributed by atoms with Gasteiger partial charge in [-0.2, -0.15) is 0 Å². The zero-order valence-electron chi connectivity index (χ0n) is 26.2. The predicted molar refractivity (Wildman–Crippen MR) is 184 cm³/mol. The minimum absolute atomic E-state index is 0.165. The van der Waals surface area contributed by atoms with Gasteiger partial charge in [-0.05, 0) is 88.7 Å². The first-order valence-electron chi connectivity index (χ1n) is 14.5. The summed E-state index contributed by atoms with van der Waals surface area (Å²) in [5.74, 6) is -2.18. The van der Waals surface area contributed by atoms with E-state index in [2.05, 4.69) is 0 Å². The maximum Gasteiger partial charge on any atom is 0.326 e. The molecule has 4 aromatic rings. The van der Waals surface area contributed by atoms with Crippen molar-refractivity contribution in [2.45, 2.75) is 52.7 Å². The van der Waals surface area contributed by atoms with E-state index < -0.39 is 35.0 Å². The molecule has 238 valence electrons. The van der Waals surface area contributed by atoms with Crippen molar-refractivity contribution in [3.05, 3.63) is 80.2 Å². The number of carbonyl (C=O) groups excluding carboxylic acids is 4. The third-order valence-corrected chi connectivity index (χ3v) is 11.1. The molecule has 0 fully saturated rings. The molecule has 46 heavy (non-hydrogen) atoms. The second-order valence-electron chi connectivity index (χ2n) is 12.7. The van der Waals surface area contributed by atoms with E-state index in [0.29, 0.717) is 21.1 Å². The first-order chi connectivity index (χ1) is 21.7. The van der Waals surface area contributed by atoms with Crippen molar-refractivity contribution >= 4 is 80.5 Å². The maximum atomic E-state index is 14.5. The Labute approximate surface area is 283 Å². The second kappa shape index (κ2) is 12.1. The van der Waals surface area contributed by atoms with Gasteiger partial charge < -0.3 is 9.47 Å². The Balaban J connectivity index is 1.52. The maximum absolute atomic E-state index is 14.5. The number of hydrogen-bond donors (Lipinski definition) is 0. The Kier molecular flexibility index (Phi) is 8.43. The molecule has 2 aliphatic rings. The van der Waals surface area contributed by atoms with Crippen LogP contribution in [0.2, 0.25) is 0 Å². The van der Waals surface area contributed by atoms with Crippen LogP contribution < -0.4 is 0 Å². The highest BCUT2D eigenvalue weighted by molar-refractivity contribution is 7.22. The van der Waals surface area contributed by atoms with E-state index in [1.165, 1.54) is 32.5 Å². The predicted octanol–water partition coefficient (Wildman–Crippen LogP) is 7.76. The first-order valence-corrected chi connectivity index (χ1v) is 17.9. The molecule has 8 nitrogen and oxygen atoms in total. The van der Waals surface area contributed by atoms with Gasteiger partial charge >= 0.3 is 11.9 Å². The lowest BCUT2D eigenvalue weighted by molar-refractivity contribution is -0.157. The molecule has 4 aromatic heterocycles. The van der Waals surface area contributed by atoms with Crippen LogP contribution in [0.5, 0.6) is 0 Å². The average molecular weight is 693 g/mol. The third-order valence-electron chi connectivity index (χ3n) is 6.80. The van der Waals surface area contributed by atoms with Crippen molar-refractivity contribution in [1.82, 2.24) is 9.80 Å². The van der Waals surface area contributed by atoms with Crippen LogP contribution in [0.1, 0.15) is 51.3 Å². The van der Waals surface area contributed by atoms with Crippen LogP contribution >= 0.6 is 45.3 Å². The fourth-order valence-corrected chi connectivity index (χ4v) is 9.05. The van der Waals surface area contributed by atoms with Crippen LogP contribution in [-0.4, -0.2) is 57.8 Å². The van der Waals surface area contributed by atoms with Crippen LogP contribution in [0.4, 0.5) is 0 Å². The Morgan fingerprint density at radius 1 is 0.587 bits per heavy atom.